The third-order valence-corrected chi connectivity index (χ3v) is 5.52. The lowest BCUT2D eigenvalue weighted by molar-refractivity contribution is -0.127. The third kappa shape index (κ3) is 4.51. The van der Waals surface area contributed by atoms with Gasteiger partial charge in [0.2, 0.25) is 5.91 Å². The number of hydrogen-bond donors (Lipinski definition) is 0. The van der Waals surface area contributed by atoms with Crippen LogP contribution in [0.15, 0.2) is 29.4 Å². The van der Waals surface area contributed by atoms with Gasteiger partial charge in [-0.15, -0.1) is 10.2 Å². The van der Waals surface area contributed by atoms with E-state index in [4.69, 9.17) is 16.3 Å². The number of halogens is 1. The van der Waals surface area contributed by atoms with E-state index < -0.39 is 0 Å². The Kier molecular flexibility index (Phi) is 6.43. The van der Waals surface area contributed by atoms with Crippen molar-refractivity contribution >= 4 is 29.3 Å². The van der Waals surface area contributed by atoms with Crippen LogP contribution in [0.3, 0.4) is 0 Å². The molecule has 0 atom stereocenters. The van der Waals surface area contributed by atoms with Crippen molar-refractivity contribution in [3.63, 3.8) is 0 Å². The standard InChI is InChI=1S/C18H23ClN4O2S/c1-3-22(4-2)17(24)12-26-18-21-20-16(23(18)13-9-10-13)11-25-15-8-6-5-7-14(15)19/h5-8,13H,3-4,9-12H2,1-2H3. The highest BCUT2D eigenvalue weighted by atomic mass is 35.5. The summed E-state index contributed by atoms with van der Waals surface area (Å²) in [5.74, 6) is 1.90. The van der Waals surface area contributed by atoms with Gasteiger partial charge in [-0.3, -0.25) is 9.36 Å². The maximum Gasteiger partial charge on any atom is 0.233 e. The minimum absolute atomic E-state index is 0.124. The molecule has 1 saturated carbocycles. The van der Waals surface area contributed by atoms with Crippen molar-refractivity contribution in [2.45, 2.75) is 44.5 Å². The molecule has 0 spiro atoms. The zero-order chi connectivity index (χ0) is 18.5. The van der Waals surface area contributed by atoms with Crippen molar-refractivity contribution < 1.29 is 9.53 Å². The lowest BCUT2D eigenvalue weighted by Gasteiger charge is -2.18. The molecule has 0 radical (unpaired) electrons. The topological polar surface area (TPSA) is 60.3 Å². The van der Waals surface area contributed by atoms with Gasteiger partial charge < -0.3 is 9.64 Å². The highest BCUT2D eigenvalue weighted by molar-refractivity contribution is 7.99. The Bertz CT molecular complexity index is 759. The van der Waals surface area contributed by atoms with Crippen molar-refractivity contribution in [3.8, 4) is 5.75 Å². The fourth-order valence-corrected chi connectivity index (χ4v) is 3.82. The van der Waals surface area contributed by atoms with E-state index >= 15 is 0 Å². The molecule has 3 rings (SSSR count). The smallest absolute Gasteiger partial charge is 0.233 e. The Morgan fingerprint density at radius 3 is 2.69 bits per heavy atom. The summed E-state index contributed by atoms with van der Waals surface area (Å²) in [4.78, 5) is 14.1. The molecule has 1 heterocycles. The monoisotopic (exact) mass is 394 g/mol. The van der Waals surface area contributed by atoms with Crippen molar-refractivity contribution in [2.75, 3.05) is 18.8 Å². The summed E-state index contributed by atoms with van der Waals surface area (Å²) in [6.07, 6.45) is 2.21. The van der Waals surface area contributed by atoms with Crippen LogP contribution in [0.2, 0.25) is 5.02 Å². The van der Waals surface area contributed by atoms with E-state index in [0.29, 0.717) is 29.2 Å². The van der Waals surface area contributed by atoms with Gasteiger partial charge in [0.1, 0.15) is 12.4 Å². The minimum Gasteiger partial charge on any atom is -0.484 e. The van der Waals surface area contributed by atoms with E-state index in [1.807, 2.05) is 36.9 Å². The predicted octanol–water partition coefficient (Wildman–Crippen LogP) is 3.81. The van der Waals surface area contributed by atoms with Gasteiger partial charge >= 0.3 is 0 Å². The molecule has 1 aliphatic rings. The first-order chi connectivity index (χ1) is 12.6. The van der Waals surface area contributed by atoms with Gasteiger partial charge in [-0.25, -0.2) is 0 Å². The first kappa shape index (κ1) is 19.0. The number of carbonyl (C=O) groups is 1. The fraction of sp³-hybridized carbons (Fsp3) is 0.500. The third-order valence-electron chi connectivity index (χ3n) is 4.28. The molecule has 1 aromatic heterocycles. The summed E-state index contributed by atoms with van der Waals surface area (Å²) in [7, 11) is 0. The molecule has 8 heteroatoms. The van der Waals surface area contributed by atoms with Crippen molar-refractivity contribution in [3.05, 3.63) is 35.1 Å². The highest BCUT2D eigenvalue weighted by Crippen LogP contribution is 2.39. The maximum atomic E-state index is 12.2. The number of nitrogens with zero attached hydrogens (tertiary/aromatic N) is 4. The molecule has 1 amide bonds. The summed E-state index contributed by atoms with van der Waals surface area (Å²) >= 11 is 7.58. The zero-order valence-electron chi connectivity index (χ0n) is 15.0. The van der Waals surface area contributed by atoms with E-state index in [-0.39, 0.29) is 5.91 Å². The van der Waals surface area contributed by atoms with Crippen molar-refractivity contribution in [2.24, 2.45) is 0 Å². The number of carbonyl (C=O) groups excluding carboxylic acids is 1. The molecule has 0 aliphatic heterocycles. The molecule has 0 unspecified atom stereocenters. The predicted molar refractivity (Wildman–Crippen MR) is 103 cm³/mol. The second-order valence-electron chi connectivity index (χ2n) is 6.07. The van der Waals surface area contributed by atoms with Crippen LogP contribution in [0.1, 0.15) is 38.6 Å². The van der Waals surface area contributed by atoms with Crippen LogP contribution in [-0.2, 0) is 11.4 Å². The summed E-state index contributed by atoms with van der Waals surface area (Å²) in [6.45, 7) is 5.73. The molecule has 0 N–H and O–H groups in total. The number of thioether (sulfide) groups is 1. The van der Waals surface area contributed by atoms with E-state index in [9.17, 15) is 4.79 Å². The molecule has 0 saturated heterocycles. The maximum absolute atomic E-state index is 12.2. The van der Waals surface area contributed by atoms with Crippen LogP contribution in [0.5, 0.6) is 5.75 Å². The quantitative estimate of drug-likeness (QED) is 0.605. The van der Waals surface area contributed by atoms with Crippen LogP contribution in [-0.4, -0.2) is 44.4 Å². The Morgan fingerprint density at radius 1 is 1.31 bits per heavy atom. The second kappa shape index (κ2) is 8.77. The fourth-order valence-electron chi connectivity index (χ4n) is 2.70. The van der Waals surface area contributed by atoms with Crippen molar-refractivity contribution in [1.82, 2.24) is 19.7 Å². The normalized spacial score (nSPS) is 13.7. The number of ether oxygens (including phenoxy) is 1. The number of amides is 1. The zero-order valence-corrected chi connectivity index (χ0v) is 16.6. The van der Waals surface area contributed by atoms with Crippen LogP contribution >= 0.6 is 23.4 Å². The van der Waals surface area contributed by atoms with Crippen molar-refractivity contribution in [1.29, 1.82) is 0 Å². The highest BCUT2D eigenvalue weighted by Gasteiger charge is 2.30. The Labute approximate surface area is 162 Å². The first-order valence-corrected chi connectivity index (χ1v) is 10.2. The average Bonchev–Trinajstić information content (AvgIpc) is 3.40. The van der Waals surface area contributed by atoms with Gasteiger partial charge in [0.15, 0.2) is 11.0 Å². The number of rotatable bonds is 9. The molecule has 0 bridgehead atoms. The van der Waals surface area contributed by atoms with Gasteiger partial charge in [0.25, 0.3) is 0 Å². The number of para-hydroxylation sites is 1. The molecule has 26 heavy (non-hydrogen) atoms. The van der Waals surface area contributed by atoms with Crippen LogP contribution in [0.25, 0.3) is 0 Å². The summed E-state index contributed by atoms with van der Waals surface area (Å²) in [5, 5.41) is 9.93. The van der Waals surface area contributed by atoms with E-state index in [1.165, 1.54) is 11.8 Å². The molecular formula is C18H23ClN4O2S. The van der Waals surface area contributed by atoms with Crippen LogP contribution in [0.4, 0.5) is 0 Å². The Morgan fingerprint density at radius 2 is 2.04 bits per heavy atom. The van der Waals surface area contributed by atoms with Gasteiger partial charge in [0, 0.05) is 19.1 Å². The molecule has 1 fully saturated rings. The molecule has 1 aromatic carbocycles. The van der Waals surface area contributed by atoms with E-state index in [0.717, 1.165) is 36.9 Å². The summed E-state index contributed by atoms with van der Waals surface area (Å²) in [5.41, 5.74) is 0. The molecule has 140 valence electrons. The summed E-state index contributed by atoms with van der Waals surface area (Å²) < 4.78 is 7.92. The van der Waals surface area contributed by atoms with Gasteiger partial charge in [-0.2, -0.15) is 0 Å². The Balaban J connectivity index is 1.67. The number of aromatic nitrogens is 3. The molecule has 6 nitrogen and oxygen atoms in total. The largest absolute Gasteiger partial charge is 0.484 e. The first-order valence-electron chi connectivity index (χ1n) is 8.85. The summed E-state index contributed by atoms with van der Waals surface area (Å²) in [6, 6.07) is 7.78. The molecule has 1 aliphatic carbocycles. The van der Waals surface area contributed by atoms with E-state index in [1.54, 1.807) is 6.07 Å². The number of benzene rings is 1. The van der Waals surface area contributed by atoms with Crippen LogP contribution in [0, 0.1) is 0 Å². The van der Waals surface area contributed by atoms with Crippen LogP contribution < -0.4 is 4.74 Å². The SMILES string of the molecule is CCN(CC)C(=O)CSc1nnc(COc2ccccc2Cl)n1C1CC1. The van der Waals surface area contributed by atoms with Gasteiger partial charge in [0.05, 0.1) is 10.8 Å². The lowest BCUT2D eigenvalue weighted by Crippen LogP contribution is -2.31. The van der Waals surface area contributed by atoms with Gasteiger partial charge in [-0.05, 0) is 38.8 Å². The lowest BCUT2D eigenvalue weighted by atomic mass is 10.3. The molecule has 2 aromatic rings. The average molecular weight is 395 g/mol. The minimum atomic E-state index is 0.124. The van der Waals surface area contributed by atoms with Gasteiger partial charge in [-0.1, -0.05) is 35.5 Å². The number of hydrogen-bond acceptors (Lipinski definition) is 5. The Hall–Kier alpha value is -1.73. The molecular weight excluding hydrogens is 372 g/mol. The second-order valence-corrected chi connectivity index (χ2v) is 7.42. The van der Waals surface area contributed by atoms with E-state index in [2.05, 4.69) is 14.8 Å².